The summed E-state index contributed by atoms with van der Waals surface area (Å²) in [7, 11) is 3.17. The Bertz CT molecular complexity index is 590. The van der Waals surface area contributed by atoms with Gasteiger partial charge in [-0.1, -0.05) is 24.3 Å². The first-order valence-corrected chi connectivity index (χ1v) is 6.78. The number of Topliss-reactive ketones (excluding diaryl/α,β-unsaturated/α-hetero) is 2. The lowest BCUT2D eigenvalue weighted by Gasteiger charge is -1.99. The van der Waals surface area contributed by atoms with E-state index in [4.69, 9.17) is 9.47 Å². The molecular weight excluding hydrogens is 280 g/mol. The van der Waals surface area contributed by atoms with E-state index < -0.39 is 0 Å². The monoisotopic (exact) mass is 300 g/mol. The first-order chi connectivity index (χ1) is 10.5. The molecule has 0 spiro atoms. The van der Waals surface area contributed by atoms with E-state index in [9.17, 15) is 9.59 Å². The second-order valence-corrected chi connectivity index (χ2v) is 4.58. The van der Waals surface area contributed by atoms with Crippen LogP contribution in [0.5, 0.6) is 11.5 Å². The number of hydrogen-bond acceptors (Lipinski definition) is 4. The highest BCUT2D eigenvalue weighted by Crippen LogP contribution is 2.13. The minimum atomic E-state index is 0.0592. The molecule has 2 aromatic rings. The van der Waals surface area contributed by atoms with Gasteiger partial charge in [0.2, 0.25) is 0 Å². The van der Waals surface area contributed by atoms with Gasteiger partial charge < -0.3 is 9.47 Å². The highest BCUT2D eigenvalue weighted by atomic mass is 16.5. The maximum absolute atomic E-state index is 10.9. The van der Waals surface area contributed by atoms with Gasteiger partial charge in [0.05, 0.1) is 14.2 Å². The second-order valence-electron chi connectivity index (χ2n) is 4.58. The smallest absolute Gasteiger partial charge is 0.159 e. The van der Waals surface area contributed by atoms with Gasteiger partial charge in [-0.05, 0) is 38.1 Å². The number of benzene rings is 2. The summed E-state index contributed by atoms with van der Waals surface area (Å²) in [4.78, 5) is 21.7. The summed E-state index contributed by atoms with van der Waals surface area (Å²) in [5.74, 6) is 1.56. The van der Waals surface area contributed by atoms with E-state index in [1.54, 1.807) is 50.6 Å². The highest BCUT2D eigenvalue weighted by Gasteiger charge is 1.99. The van der Waals surface area contributed by atoms with Crippen LogP contribution in [0.25, 0.3) is 0 Å². The largest absolute Gasteiger partial charge is 0.497 e. The molecule has 0 unspecified atom stereocenters. The lowest BCUT2D eigenvalue weighted by atomic mass is 10.1. The lowest BCUT2D eigenvalue weighted by molar-refractivity contribution is 0.100. The minimum Gasteiger partial charge on any atom is -0.497 e. The van der Waals surface area contributed by atoms with Gasteiger partial charge in [0.25, 0.3) is 0 Å². The summed E-state index contributed by atoms with van der Waals surface area (Å²) >= 11 is 0. The number of carbonyl (C=O) groups is 2. The topological polar surface area (TPSA) is 52.6 Å². The van der Waals surface area contributed by atoms with E-state index in [-0.39, 0.29) is 11.6 Å². The molecule has 0 aromatic heterocycles. The van der Waals surface area contributed by atoms with E-state index in [1.807, 2.05) is 12.1 Å². The molecule has 0 aliphatic carbocycles. The molecule has 0 amide bonds. The predicted octanol–water partition coefficient (Wildman–Crippen LogP) is 3.80. The summed E-state index contributed by atoms with van der Waals surface area (Å²) in [5.41, 5.74) is 1.37. The first kappa shape index (κ1) is 17.4. The average molecular weight is 300 g/mol. The SMILES string of the molecule is COc1cccc(C(C)=O)c1.COc1cccc(C(C)=O)c1. The van der Waals surface area contributed by atoms with Crippen LogP contribution in [0.4, 0.5) is 0 Å². The minimum absolute atomic E-state index is 0.0592. The molecule has 0 radical (unpaired) electrons. The summed E-state index contributed by atoms with van der Waals surface area (Å²) in [6, 6.07) is 14.2. The van der Waals surface area contributed by atoms with Crippen LogP contribution < -0.4 is 9.47 Å². The lowest BCUT2D eigenvalue weighted by Crippen LogP contribution is -1.92. The van der Waals surface area contributed by atoms with Crippen molar-refractivity contribution in [3.05, 3.63) is 59.7 Å². The fourth-order valence-corrected chi connectivity index (χ4v) is 1.68. The molecule has 0 fully saturated rings. The van der Waals surface area contributed by atoms with Gasteiger partial charge in [-0.25, -0.2) is 0 Å². The van der Waals surface area contributed by atoms with Gasteiger partial charge in [-0.15, -0.1) is 0 Å². The van der Waals surface area contributed by atoms with Crippen LogP contribution in [0, 0.1) is 0 Å². The number of ether oxygens (including phenoxy) is 2. The number of carbonyl (C=O) groups excluding carboxylic acids is 2. The number of methoxy groups -OCH3 is 2. The van der Waals surface area contributed by atoms with E-state index in [0.29, 0.717) is 11.1 Å². The third-order valence-electron chi connectivity index (χ3n) is 2.95. The van der Waals surface area contributed by atoms with Crippen molar-refractivity contribution in [2.75, 3.05) is 14.2 Å². The van der Waals surface area contributed by atoms with Gasteiger partial charge in [0.15, 0.2) is 11.6 Å². The third-order valence-corrected chi connectivity index (χ3v) is 2.95. The maximum Gasteiger partial charge on any atom is 0.159 e. The fraction of sp³-hybridized carbons (Fsp3) is 0.222. The first-order valence-electron chi connectivity index (χ1n) is 6.78. The Balaban J connectivity index is 0.000000220. The van der Waals surface area contributed by atoms with Crippen molar-refractivity contribution in [1.82, 2.24) is 0 Å². The van der Waals surface area contributed by atoms with Gasteiger partial charge in [0, 0.05) is 11.1 Å². The molecule has 2 aromatic carbocycles. The van der Waals surface area contributed by atoms with Crippen LogP contribution >= 0.6 is 0 Å². The molecule has 22 heavy (non-hydrogen) atoms. The normalized spacial score (nSPS) is 9.27. The van der Waals surface area contributed by atoms with Gasteiger partial charge in [-0.3, -0.25) is 9.59 Å². The van der Waals surface area contributed by atoms with E-state index >= 15 is 0 Å². The molecular formula is C18H20O4. The fourth-order valence-electron chi connectivity index (χ4n) is 1.68. The van der Waals surface area contributed by atoms with Crippen LogP contribution in [-0.4, -0.2) is 25.8 Å². The molecule has 2 rings (SSSR count). The number of ketones is 2. The summed E-state index contributed by atoms with van der Waals surface area (Å²) in [5, 5.41) is 0. The Kier molecular flexibility index (Phi) is 6.83. The van der Waals surface area contributed by atoms with Crippen LogP contribution in [-0.2, 0) is 0 Å². The second kappa shape index (κ2) is 8.62. The molecule has 0 N–H and O–H groups in total. The number of rotatable bonds is 4. The van der Waals surface area contributed by atoms with E-state index in [0.717, 1.165) is 11.5 Å². The standard InChI is InChI=1S/2C9H10O2/c2*1-7(10)8-4-3-5-9(6-8)11-2/h2*3-6H,1-2H3. The zero-order chi connectivity index (χ0) is 16.5. The highest BCUT2D eigenvalue weighted by molar-refractivity contribution is 5.94. The van der Waals surface area contributed by atoms with Crippen LogP contribution in [0.3, 0.4) is 0 Å². The molecule has 116 valence electrons. The molecule has 0 aliphatic rings. The van der Waals surface area contributed by atoms with Crippen molar-refractivity contribution >= 4 is 11.6 Å². The van der Waals surface area contributed by atoms with E-state index in [2.05, 4.69) is 0 Å². The van der Waals surface area contributed by atoms with E-state index in [1.165, 1.54) is 13.8 Å². The summed E-state index contributed by atoms with van der Waals surface area (Å²) in [6.45, 7) is 3.07. The molecule has 0 saturated carbocycles. The average Bonchev–Trinajstić information content (AvgIpc) is 2.55. The molecule has 0 saturated heterocycles. The molecule has 0 aliphatic heterocycles. The zero-order valence-electron chi connectivity index (χ0n) is 13.3. The molecule has 0 bridgehead atoms. The Morgan fingerprint density at radius 1 is 0.727 bits per heavy atom. The third kappa shape index (κ3) is 5.40. The van der Waals surface area contributed by atoms with Crippen molar-refractivity contribution in [3.8, 4) is 11.5 Å². The Morgan fingerprint density at radius 3 is 1.36 bits per heavy atom. The molecule has 0 heterocycles. The maximum atomic E-state index is 10.9. The number of hydrogen-bond donors (Lipinski definition) is 0. The zero-order valence-corrected chi connectivity index (χ0v) is 13.3. The summed E-state index contributed by atoms with van der Waals surface area (Å²) in [6.07, 6.45) is 0. The van der Waals surface area contributed by atoms with Crippen LogP contribution in [0.1, 0.15) is 34.6 Å². The van der Waals surface area contributed by atoms with Crippen molar-refractivity contribution in [2.24, 2.45) is 0 Å². The van der Waals surface area contributed by atoms with Crippen molar-refractivity contribution in [1.29, 1.82) is 0 Å². The Labute approximate surface area is 130 Å². The van der Waals surface area contributed by atoms with Crippen molar-refractivity contribution < 1.29 is 19.1 Å². The van der Waals surface area contributed by atoms with Crippen molar-refractivity contribution in [3.63, 3.8) is 0 Å². The molecule has 4 nitrogen and oxygen atoms in total. The molecule has 0 atom stereocenters. The Morgan fingerprint density at radius 2 is 1.09 bits per heavy atom. The van der Waals surface area contributed by atoms with Gasteiger partial charge in [0.1, 0.15) is 11.5 Å². The quantitative estimate of drug-likeness (QED) is 0.806. The Hall–Kier alpha value is -2.62. The van der Waals surface area contributed by atoms with Gasteiger partial charge in [-0.2, -0.15) is 0 Å². The van der Waals surface area contributed by atoms with Crippen LogP contribution in [0.2, 0.25) is 0 Å². The van der Waals surface area contributed by atoms with Crippen molar-refractivity contribution in [2.45, 2.75) is 13.8 Å². The van der Waals surface area contributed by atoms with Gasteiger partial charge >= 0.3 is 0 Å². The molecule has 4 heteroatoms. The predicted molar refractivity (Wildman–Crippen MR) is 86.0 cm³/mol. The van der Waals surface area contributed by atoms with Crippen LogP contribution in [0.15, 0.2) is 48.5 Å². The summed E-state index contributed by atoms with van der Waals surface area (Å²) < 4.78 is 9.91.